The maximum Gasteiger partial charge on any atom is 0.411 e. The molecule has 110 valence electrons. The molecule has 0 bridgehead atoms. The molecular formula is C13H20F3NOS. The Hall–Kier alpha value is -0.590. The fraction of sp³-hybridized carbons (Fsp3) is 0.692. The van der Waals surface area contributed by atoms with E-state index in [1.165, 1.54) is 4.88 Å². The highest BCUT2D eigenvalue weighted by atomic mass is 32.1. The molecule has 1 aromatic heterocycles. The van der Waals surface area contributed by atoms with Crippen LogP contribution < -0.4 is 5.32 Å². The maximum absolute atomic E-state index is 12.0. The number of hydrogen-bond acceptors (Lipinski definition) is 3. The van der Waals surface area contributed by atoms with Crippen LogP contribution >= 0.6 is 11.3 Å². The van der Waals surface area contributed by atoms with Gasteiger partial charge in [-0.2, -0.15) is 13.2 Å². The number of alkyl halides is 3. The summed E-state index contributed by atoms with van der Waals surface area (Å²) in [6.45, 7) is 3.87. The summed E-state index contributed by atoms with van der Waals surface area (Å²) >= 11 is 1.67. The summed E-state index contributed by atoms with van der Waals surface area (Å²) in [5, 5.41) is 3.35. The molecule has 0 aliphatic carbocycles. The first kappa shape index (κ1) is 16.5. The Labute approximate surface area is 116 Å². The Morgan fingerprint density at radius 2 is 2.11 bits per heavy atom. The summed E-state index contributed by atoms with van der Waals surface area (Å²) < 4.78 is 40.6. The summed E-state index contributed by atoms with van der Waals surface area (Å²) in [7, 11) is 0. The average Bonchev–Trinajstić information content (AvgIpc) is 2.73. The third kappa shape index (κ3) is 6.94. The molecule has 0 amide bonds. The van der Waals surface area contributed by atoms with Crippen molar-refractivity contribution in [3.8, 4) is 0 Å². The minimum atomic E-state index is -4.24. The molecule has 0 aliphatic rings. The molecule has 0 saturated heterocycles. The molecule has 6 heteroatoms. The van der Waals surface area contributed by atoms with Crippen molar-refractivity contribution in [1.82, 2.24) is 5.32 Å². The van der Waals surface area contributed by atoms with Crippen LogP contribution in [0.5, 0.6) is 0 Å². The van der Waals surface area contributed by atoms with Crippen LogP contribution in [0.4, 0.5) is 13.2 Å². The van der Waals surface area contributed by atoms with Crippen LogP contribution in [0.3, 0.4) is 0 Å². The summed E-state index contributed by atoms with van der Waals surface area (Å²) in [4.78, 5) is 2.36. The van der Waals surface area contributed by atoms with E-state index in [9.17, 15) is 13.2 Å². The first-order chi connectivity index (χ1) is 8.92. The quantitative estimate of drug-likeness (QED) is 0.730. The van der Waals surface area contributed by atoms with Crippen molar-refractivity contribution < 1.29 is 17.9 Å². The molecule has 0 spiro atoms. The topological polar surface area (TPSA) is 21.3 Å². The van der Waals surface area contributed by atoms with Crippen molar-refractivity contribution in [2.45, 2.75) is 38.9 Å². The molecule has 1 atom stereocenters. The lowest BCUT2D eigenvalue weighted by Crippen LogP contribution is -2.24. The van der Waals surface area contributed by atoms with Crippen molar-refractivity contribution in [2.75, 3.05) is 19.8 Å². The largest absolute Gasteiger partial charge is 0.411 e. The number of halogens is 3. The lowest BCUT2D eigenvalue weighted by Gasteiger charge is -2.17. The highest BCUT2D eigenvalue weighted by Crippen LogP contribution is 2.25. The third-order valence-electron chi connectivity index (χ3n) is 2.56. The van der Waals surface area contributed by atoms with Gasteiger partial charge in [0.2, 0.25) is 0 Å². The van der Waals surface area contributed by atoms with Gasteiger partial charge >= 0.3 is 6.18 Å². The highest BCUT2D eigenvalue weighted by Gasteiger charge is 2.27. The zero-order valence-electron chi connectivity index (χ0n) is 11.2. The van der Waals surface area contributed by atoms with Gasteiger partial charge in [0, 0.05) is 22.4 Å². The summed E-state index contributed by atoms with van der Waals surface area (Å²) in [6, 6.07) is 4.13. The number of aryl methyl sites for hydroxylation is 1. The van der Waals surface area contributed by atoms with Gasteiger partial charge < -0.3 is 10.1 Å². The Bertz CT molecular complexity index is 365. The van der Waals surface area contributed by atoms with Crippen LogP contribution in [-0.4, -0.2) is 25.9 Å². The zero-order chi connectivity index (χ0) is 14.3. The Morgan fingerprint density at radius 3 is 2.63 bits per heavy atom. The SMILES string of the molecule is CCCNC(CCOCC(F)(F)F)c1ccc(C)s1. The van der Waals surface area contributed by atoms with Crippen molar-refractivity contribution in [2.24, 2.45) is 0 Å². The maximum atomic E-state index is 12.0. The fourth-order valence-electron chi connectivity index (χ4n) is 1.69. The van der Waals surface area contributed by atoms with Gasteiger partial charge in [-0.15, -0.1) is 11.3 Å². The van der Waals surface area contributed by atoms with Crippen LogP contribution in [0.2, 0.25) is 0 Å². The predicted molar refractivity (Wildman–Crippen MR) is 71.6 cm³/mol. The van der Waals surface area contributed by atoms with Crippen LogP contribution in [0.15, 0.2) is 12.1 Å². The van der Waals surface area contributed by atoms with E-state index in [-0.39, 0.29) is 12.6 Å². The second-order valence-corrected chi connectivity index (χ2v) is 5.73. The number of ether oxygens (including phenoxy) is 1. The van der Waals surface area contributed by atoms with E-state index in [4.69, 9.17) is 0 Å². The van der Waals surface area contributed by atoms with Crippen molar-refractivity contribution in [3.63, 3.8) is 0 Å². The second kappa shape index (κ2) is 7.87. The Kier molecular flexibility index (Phi) is 6.82. The molecule has 0 radical (unpaired) electrons. The average molecular weight is 295 g/mol. The first-order valence-electron chi connectivity index (χ1n) is 6.36. The molecule has 0 fully saturated rings. The van der Waals surface area contributed by atoms with E-state index in [1.54, 1.807) is 11.3 Å². The van der Waals surface area contributed by atoms with Gasteiger partial charge in [0.05, 0.1) is 0 Å². The zero-order valence-corrected chi connectivity index (χ0v) is 12.0. The van der Waals surface area contributed by atoms with Crippen LogP contribution in [0, 0.1) is 6.92 Å². The molecule has 1 heterocycles. The monoisotopic (exact) mass is 295 g/mol. The minimum absolute atomic E-state index is 0.0758. The van der Waals surface area contributed by atoms with Crippen LogP contribution in [0.25, 0.3) is 0 Å². The first-order valence-corrected chi connectivity index (χ1v) is 7.18. The Balaban J connectivity index is 2.42. The molecule has 1 N–H and O–H groups in total. The van der Waals surface area contributed by atoms with E-state index < -0.39 is 12.8 Å². The summed E-state index contributed by atoms with van der Waals surface area (Å²) in [6.07, 6.45) is -2.70. The molecule has 0 aliphatic heterocycles. The van der Waals surface area contributed by atoms with Crippen LogP contribution in [-0.2, 0) is 4.74 Å². The van der Waals surface area contributed by atoms with Gasteiger partial charge in [-0.3, -0.25) is 0 Å². The minimum Gasteiger partial charge on any atom is -0.372 e. The number of nitrogens with one attached hydrogen (secondary N) is 1. The molecule has 0 aromatic carbocycles. The van der Waals surface area contributed by atoms with E-state index >= 15 is 0 Å². The van der Waals surface area contributed by atoms with Gasteiger partial charge in [0.25, 0.3) is 0 Å². The summed E-state index contributed by atoms with van der Waals surface area (Å²) in [5.74, 6) is 0. The molecule has 19 heavy (non-hydrogen) atoms. The van der Waals surface area contributed by atoms with Gasteiger partial charge in [-0.25, -0.2) is 0 Å². The molecule has 0 saturated carbocycles. The second-order valence-electron chi connectivity index (χ2n) is 4.41. The van der Waals surface area contributed by atoms with Crippen molar-refractivity contribution in [3.05, 3.63) is 21.9 Å². The van der Waals surface area contributed by atoms with Crippen molar-refractivity contribution >= 4 is 11.3 Å². The molecule has 1 unspecified atom stereocenters. The predicted octanol–water partition coefficient (Wildman–Crippen LogP) is 4.07. The smallest absolute Gasteiger partial charge is 0.372 e. The van der Waals surface area contributed by atoms with E-state index in [1.807, 2.05) is 19.1 Å². The third-order valence-corrected chi connectivity index (χ3v) is 3.68. The lowest BCUT2D eigenvalue weighted by atomic mass is 10.1. The van der Waals surface area contributed by atoms with Gasteiger partial charge in [0.1, 0.15) is 6.61 Å². The van der Waals surface area contributed by atoms with E-state index in [2.05, 4.69) is 17.0 Å². The standard InChI is InChI=1S/C13H20F3NOS/c1-3-7-17-11(12-5-4-10(2)19-12)6-8-18-9-13(14,15)16/h4-5,11,17H,3,6-9H2,1-2H3. The summed E-state index contributed by atoms with van der Waals surface area (Å²) in [5.41, 5.74) is 0. The van der Waals surface area contributed by atoms with E-state index in [0.717, 1.165) is 17.8 Å². The molecular weight excluding hydrogens is 275 g/mol. The molecule has 1 aromatic rings. The fourth-order valence-corrected chi connectivity index (χ4v) is 2.68. The van der Waals surface area contributed by atoms with Crippen LogP contribution in [0.1, 0.15) is 35.6 Å². The van der Waals surface area contributed by atoms with Gasteiger partial charge in [-0.05, 0) is 38.4 Å². The highest BCUT2D eigenvalue weighted by molar-refractivity contribution is 7.12. The normalized spacial score (nSPS) is 13.7. The molecule has 1 rings (SSSR count). The van der Waals surface area contributed by atoms with E-state index in [0.29, 0.717) is 6.42 Å². The Morgan fingerprint density at radius 1 is 1.37 bits per heavy atom. The number of hydrogen-bond donors (Lipinski definition) is 1. The lowest BCUT2D eigenvalue weighted by molar-refractivity contribution is -0.174. The van der Waals surface area contributed by atoms with Gasteiger partial charge in [0.15, 0.2) is 0 Å². The van der Waals surface area contributed by atoms with Crippen molar-refractivity contribution in [1.29, 1.82) is 0 Å². The van der Waals surface area contributed by atoms with Gasteiger partial charge in [-0.1, -0.05) is 6.92 Å². The number of thiophene rings is 1. The number of rotatable bonds is 8. The molecule has 2 nitrogen and oxygen atoms in total.